The molecule has 0 bridgehead atoms. The van der Waals surface area contributed by atoms with Gasteiger partial charge in [0.1, 0.15) is 0 Å². The minimum absolute atomic E-state index is 0.180. The maximum absolute atomic E-state index is 6.50. The standard InChI is InChI=1S/C14H28N2/c1-2-13-7-6-11-16(13)12-10-14(15)8-4-3-5-9-14/h13H,2-12,15H2,1H3. The van der Waals surface area contributed by atoms with Crippen molar-refractivity contribution >= 4 is 0 Å². The van der Waals surface area contributed by atoms with E-state index in [1.807, 2.05) is 0 Å². The second-order valence-electron chi connectivity index (χ2n) is 5.91. The zero-order valence-electron chi connectivity index (χ0n) is 10.9. The van der Waals surface area contributed by atoms with Crippen molar-refractivity contribution in [2.24, 2.45) is 5.73 Å². The van der Waals surface area contributed by atoms with E-state index >= 15 is 0 Å². The lowest BCUT2D eigenvalue weighted by Crippen LogP contribution is -2.45. The van der Waals surface area contributed by atoms with Gasteiger partial charge in [-0.3, -0.25) is 0 Å². The summed E-state index contributed by atoms with van der Waals surface area (Å²) in [5.41, 5.74) is 6.68. The van der Waals surface area contributed by atoms with Crippen LogP contribution in [0.2, 0.25) is 0 Å². The van der Waals surface area contributed by atoms with Crippen LogP contribution in [0.3, 0.4) is 0 Å². The summed E-state index contributed by atoms with van der Waals surface area (Å²) in [4.78, 5) is 2.68. The molecular weight excluding hydrogens is 196 g/mol. The Hall–Kier alpha value is -0.0800. The Labute approximate surface area is 101 Å². The van der Waals surface area contributed by atoms with E-state index in [-0.39, 0.29) is 5.54 Å². The van der Waals surface area contributed by atoms with E-state index in [0.717, 1.165) is 6.04 Å². The topological polar surface area (TPSA) is 29.3 Å². The smallest absolute Gasteiger partial charge is 0.0166 e. The molecule has 1 aliphatic carbocycles. The summed E-state index contributed by atoms with van der Waals surface area (Å²) in [7, 11) is 0. The molecule has 0 spiro atoms. The molecule has 2 N–H and O–H groups in total. The highest BCUT2D eigenvalue weighted by molar-refractivity contribution is 4.89. The van der Waals surface area contributed by atoms with Gasteiger partial charge in [0.2, 0.25) is 0 Å². The Balaban J connectivity index is 1.77. The van der Waals surface area contributed by atoms with Crippen LogP contribution in [-0.4, -0.2) is 29.6 Å². The Morgan fingerprint density at radius 3 is 2.62 bits per heavy atom. The largest absolute Gasteiger partial charge is 0.325 e. The van der Waals surface area contributed by atoms with Crippen LogP contribution in [0.15, 0.2) is 0 Å². The minimum atomic E-state index is 0.180. The molecule has 1 unspecified atom stereocenters. The number of hydrogen-bond acceptors (Lipinski definition) is 2. The molecule has 2 fully saturated rings. The molecule has 2 rings (SSSR count). The number of nitrogens with zero attached hydrogens (tertiary/aromatic N) is 1. The second kappa shape index (κ2) is 5.50. The van der Waals surface area contributed by atoms with Crippen molar-refractivity contribution in [3.05, 3.63) is 0 Å². The third kappa shape index (κ3) is 2.98. The van der Waals surface area contributed by atoms with Gasteiger partial charge in [-0.05, 0) is 45.1 Å². The highest BCUT2D eigenvalue weighted by Crippen LogP contribution is 2.30. The Bertz CT molecular complexity index is 209. The van der Waals surface area contributed by atoms with Crippen LogP contribution in [-0.2, 0) is 0 Å². The first-order chi connectivity index (χ1) is 7.73. The van der Waals surface area contributed by atoms with Crippen LogP contribution < -0.4 is 5.73 Å². The van der Waals surface area contributed by atoms with Crippen molar-refractivity contribution in [2.75, 3.05) is 13.1 Å². The van der Waals surface area contributed by atoms with Gasteiger partial charge < -0.3 is 10.6 Å². The predicted octanol–water partition coefficient (Wildman–Crippen LogP) is 2.91. The molecule has 0 aromatic heterocycles. The first-order valence-corrected chi connectivity index (χ1v) is 7.26. The SMILES string of the molecule is CCC1CCCN1CCC1(N)CCCCC1. The van der Waals surface area contributed by atoms with Crippen LogP contribution in [0.25, 0.3) is 0 Å². The van der Waals surface area contributed by atoms with Gasteiger partial charge in [0.05, 0.1) is 0 Å². The highest BCUT2D eigenvalue weighted by atomic mass is 15.2. The summed E-state index contributed by atoms with van der Waals surface area (Å²) in [5, 5.41) is 0. The molecule has 1 atom stereocenters. The van der Waals surface area contributed by atoms with Crippen LogP contribution in [0.5, 0.6) is 0 Å². The van der Waals surface area contributed by atoms with Gasteiger partial charge in [-0.2, -0.15) is 0 Å². The lowest BCUT2D eigenvalue weighted by atomic mass is 9.80. The average molecular weight is 224 g/mol. The predicted molar refractivity (Wildman–Crippen MR) is 69.5 cm³/mol. The van der Waals surface area contributed by atoms with Gasteiger partial charge >= 0.3 is 0 Å². The number of rotatable bonds is 4. The molecule has 2 nitrogen and oxygen atoms in total. The molecule has 1 aliphatic heterocycles. The van der Waals surface area contributed by atoms with E-state index in [9.17, 15) is 0 Å². The summed E-state index contributed by atoms with van der Waals surface area (Å²) in [6.45, 7) is 4.88. The molecule has 94 valence electrons. The third-order valence-corrected chi connectivity index (χ3v) is 4.72. The summed E-state index contributed by atoms with van der Waals surface area (Å²) >= 11 is 0. The average Bonchev–Trinajstić information content (AvgIpc) is 2.75. The normalized spacial score (nSPS) is 30.8. The lowest BCUT2D eigenvalue weighted by molar-refractivity contribution is 0.194. The van der Waals surface area contributed by atoms with E-state index in [1.165, 1.54) is 70.9 Å². The van der Waals surface area contributed by atoms with Crippen molar-refractivity contribution in [1.82, 2.24) is 4.90 Å². The van der Waals surface area contributed by atoms with Crippen molar-refractivity contribution in [2.45, 2.75) is 76.3 Å². The second-order valence-corrected chi connectivity index (χ2v) is 5.91. The fourth-order valence-corrected chi connectivity index (χ4v) is 3.52. The zero-order valence-corrected chi connectivity index (χ0v) is 10.9. The van der Waals surface area contributed by atoms with E-state index in [2.05, 4.69) is 11.8 Å². The van der Waals surface area contributed by atoms with Crippen molar-refractivity contribution < 1.29 is 0 Å². The zero-order chi connectivity index (χ0) is 11.4. The van der Waals surface area contributed by atoms with Crippen molar-refractivity contribution in [1.29, 1.82) is 0 Å². The van der Waals surface area contributed by atoms with Gasteiger partial charge in [-0.15, -0.1) is 0 Å². The lowest BCUT2D eigenvalue weighted by Gasteiger charge is -2.36. The summed E-state index contributed by atoms with van der Waals surface area (Å²) in [6, 6.07) is 0.854. The maximum atomic E-state index is 6.50. The molecule has 0 radical (unpaired) electrons. The fourth-order valence-electron chi connectivity index (χ4n) is 3.52. The monoisotopic (exact) mass is 224 g/mol. The van der Waals surface area contributed by atoms with E-state index in [0.29, 0.717) is 0 Å². The Kier molecular flexibility index (Phi) is 4.26. The van der Waals surface area contributed by atoms with Gasteiger partial charge in [-0.25, -0.2) is 0 Å². The quantitative estimate of drug-likeness (QED) is 0.795. The molecular formula is C14H28N2. The molecule has 2 aliphatic rings. The van der Waals surface area contributed by atoms with Crippen LogP contribution in [0.1, 0.15) is 64.7 Å². The van der Waals surface area contributed by atoms with Crippen molar-refractivity contribution in [3.8, 4) is 0 Å². The summed E-state index contributed by atoms with van der Waals surface area (Å²) < 4.78 is 0. The van der Waals surface area contributed by atoms with Gasteiger partial charge in [0, 0.05) is 18.1 Å². The fraction of sp³-hybridized carbons (Fsp3) is 1.00. The van der Waals surface area contributed by atoms with Gasteiger partial charge in [0.15, 0.2) is 0 Å². The number of likely N-dealkylation sites (tertiary alicyclic amines) is 1. The van der Waals surface area contributed by atoms with Crippen LogP contribution in [0.4, 0.5) is 0 Å². The highest BCUT2D eigenvalue weighted by Gasteiger charge is 2.30. The van der Waals surface area contributed by atoms with Crippen molar-refractivity contribution in [3.63, 3.8) is 0 Å². The van der Waals surface area contributed by atoms with Crippen LogP contribution >= 0.6 is 0 Å². The molecule has 16 heavy (non-hydrogen) atoms. The molecule has 0 amide bonds. The molecule has 1 heterocycles. The minimum Gasteiger partial charge on any atom is -0.325 e. The van der Waals surface area contributed by atoms with Gasteiger partial charge in [-0.1, -0.05) is 26.2 Å². The maximum Gasteiger partial charge on any atom is 0.0166 e. The first-order valence-electron chi connectivity index (χ1n) is 7.26. The molecule has 1 saturated carbocycles. The molecule has 0 aromatic rings. The Morgan fingerprint density at radius 1 is 1.19 bits per heavy atom. The number of nitrogens with two attached hydrogens (primary N) is 1. The molecule has 2 heteroatoms. The number of hydrogen-bond donors (Lipinski definition) is 1. The van der Waals surface area contributed by atoms with E-state index in [1.54, 1.807) is 0 Å². The molecule has 0 aromatic carbocycles. The summed E-state index contributed by atoms with van der Waals surface area (Å²) in [6.07, 6.45) is 12.0. The first kappa shape index (κ1) is 12.4. The molecule has 1 saturated heterocycles. The van der Waals surface area contributed by atoms with Crippen LogP contribution in [0, 0.1) is 0 Å². The van der Waals surface area contributed by atoms with Gasteiger partial charge in [0.25, 0.3) is 0 Å². The van der Waals surface area contributed by atoms with E-state index in [4.69, 9.17) is 5.73 Å². The summed E-state index contributed by atoms with van der Waals surface area (Å²) in [5.74, 6) is 0. The Morgan fingerprint density at radius 2 is 1.94 bits per heavy atom. The third-order valence-electron chi connectivity index (χ3n) is 4.72. The van der Waals surface area contributed by atoms with E-state index < -0.39 is 0 Å².